The summed E-state index contributed by atoms with van der Waals surface area (Å²) >= 11 is 0. The van der Waals surface area contributed by atoms with Crippen molar-refractivity contribution in [2.45, 2.75) is 39.0 Å². The molecule has 3 nitrogen and oxygen atoms in total. The van der Waals surface area contributed by atoms with Gasteiger partial charge in [0.1, 0.15) is 5.76 Å². The molecule has 0 amide bonds. The fourth-order valence-electron chi connectivity index (χ4n) is 2.61. The van der Waals surface area contributed by atoms with Gasteiger partial charge in [-0.05, 0) is 30.9 Å². The van der Waals surface area contributed by atoms with E-state index in [4.69, 9.17) is 9.15 Å². The van der Waals surface area contributed by atoms with Crippen LogP contribution in [0.3, 0.4) is 0 Å². The van der Waals surface area contributed by atoms with Crippen LogP contribution >= 0.6 is 0 Å². The van der Waals surface area contributed by atoms with Crippen molar-refractivity contribution in [2.75, 3.05) is 13.2 Å². The minimum absolute atomic E-state index is 0.414. The molecule has 18 heavy (non-hydrogen) atoms. The molecule has 1 unspecified atom stereocenters. The van der Waals surface area contributed by atoms with Crippen LogP contribution in [0.1, 0.15) is 49.1 Å². The third-order valence-corrected chi connectivity index (χ3v) is 3.74. The number of hydrogen-bond donors (Lipinski definition) is 0. The van der Waals surface area contributed by atoms with E-state index in [-0.39, 0.29) is 0 Å². The number of pyridine rings is 1. The highest BCUT2D eigenvalue weighted by molar-refractivity contribution is 5.83. The van der Waals surface area contributed by atoms with Crippen molar-refractivity contribution in [2.24, 2.45) is 0 Å². The minimum atomic E-state index is 0.414. The summed E-state index contributed by atoms with van der Waals surface area (Å²) in [6.45, 7) is 8.01. The maximum absolute atomic E-state index is 6.03. The molecule has 2 aromatic rings. The summed E-state index contributed by atoms with van der Waals surface area (Å²) in [7, 11) is 0. The van der Waals surface area contributed by atoms with Gasteiger partial charge in [0.05, 0.1) is 12.3 Å². The smallest absolute Gasteiger partial charge is 0.155 e. The van der Waals surface area contributed by atoms with Crippen molar-refractivity contribution in [3.63, 3.8) is 0 Å². The third kappa shape index (κ3) is 1.83. The van der Waals surface area contributed by atoms with Gasteiger partial charge < -0.3 is 9.15 Å². The Balaban J connectivity index is 2.14. The van der Waals surface area contributed by atoms with E-state index in [9.17, 15) is 0 Å². The van der Waals surface area contributed by atoms with Gasteiger partial charge in [0.25, 0.3) is 0 Å². The Morgan fingerprint density at radius 1 is 1.39 bits per heavy atom. The monoisotopic (exact) mass is 245 g/mol. The number of nitrogens with zero attached hydrogens (tertiary/aromatic N) is 1. The molecular formula is C15H19NO2. The molecule has 0 N–H and O–H groups in total. The molecule has 3 rings (SSSR count). The van der Waals surface area contributed by atoms with Gasteiger partial charge in [0, 0.05) is 24.1 Å². The second-order valence-corrected chi connectivity index (χ2v) is 5.41. The van der Waals surface area contributed by atoms with Crippen molar-refractivity contribution < 1.29 is 9.15 Å². The van der Waals surface area contributed by atoms with Crippen LogP contribution in [0, 0.1) is 6.92 Å². The van der Waals surface area contributed by atoms with E-state index in [2.05, 4.69) is 24.9 Å². The van der Waals surface area contributed by atoms with Crippen molar-refractivity contribution >= 4 is 11.0 Å². The predicted molar refractivity (Wildman–Crippen MR) is 71.0 cm³/mol. The fourth-order valence-corrected chi connectivity index (χ4v) is 2.61. The first-order valence-electron chi connectivity index (χ1n) is 6.63. The Morgan fingerprint density at radius 2 is 2.22 bits per heavy atom. The Kier molecular flexibility index (Phi) is 2.86. The summed E-state index contributed by atoms with van der Waals surface area (Å²) in [6, 6.07) is 2.19. The molecular weight excluding hydrogens is 226 g/mol. The van der Waals surface area contributed by atoms with E-state index in [0.717, 1.165) is 36.7 Å². The molecule has 1 fully saturated rings. The van der Waals surface area contributed by atoms with Crippen molar-refractivity contribution in [3.8, 4) is 0 Å². The zero-order valence-electron chi connectivity index (χ0n) is 11.2. The number of aromatic nitrogens is 1. The zero-order valence-corrected chi connectivity index (χ0v) is 11.2. The average molecular weight is 245 g/mol. The molecule has 0 aliphatic carbocycles. The molecule has 1 aliphatic heterocycles. The van der Waals surface area contributed by atoms with Crippen LogP contribution in [0.4, 0.5) is 0 Å². The number of aryl methyl sites for hydroxylation is 1. The number of hydrogen-bond acceptors (Lipinski definition) is 3. The highest BCUT2D eigenvalue weighted by atomic mass is 16.5. The van der Waals surface area contributed by atoms with Gasteiger partial charge in [0.15, 0.2) is 5.58 Å². The largest absolute Gasteiger partial charge is 0.459 e. The Morgan fingerprint density at radius 3 is 2.89 bits per heavy atom. The SMILES string of the molecule is Cc1ncc(C(C)C)c2cc(C3CCOC3)oc12. The number of fused-ring (bicyclic) bond motifs is 1. The van der Waals surface area contributed by atoms with Crippen LogP contribution in [0.25, 0.3) is 11.0 Å². The van der Waals surface area contributed by atoms with Crippen LogP contribution in [-0.4, -0.2) is 18.2 Å². The van der Waals surface area contributed by atoms with E-state index >= 15 is 0 Å². The minimum Gasteiger partial charge on any atom is -0.459 e. The van der Waals surface area contributed by atoms with Crippen molar-refractivity contribution in [1.29, 1.82) is 0 Å². The molecule has 1 atom stereocenters. The lowest BCUT2D eigenvalue weighted by molar-refractivity contribution is 0.191. The van der Waals surface area contributed by atoms with Gasteiger partial charge in [-0.1, -0.05) is 13.8 Å². The van der Waals surface area contributed by atoms with Gasteiger partial charge in [-0.2, -0.15) is 0 Å². The molecule has 0 bridgehead atoms. The molecule has 1 aliphatic rings. The van der Waals surface area contributed by atoms with Crippen LogP contribution in [0.15, 0.2) is 16.7 Å². The normalized spacial score (nSPS) is 20.1. The van der Waals surface area contributed by atoms with Crippen LogP contribution in [0.5, 0.6) is 0 Å². The maximum atomic E-state index is 6.03. The van der Waals surface area contributed by atoms with E-state index < -0.39 is 0 Å². The highest BCUT2D eigenvalue weighted by Gasteiger charge is 2.23. The van der Waals surface area contributed by atoms with Gasteiger partial charge in [-0.15, -0.1) is 0 Å². The lowest BCUT2D eigenvalue weighted by Gasteiger charge is -2.06. The topological polar surface area (TPSA) is 35.3 Å². The molecule has 0 radical (unpaired) electrons. The summed E-state index contributed by atoms with van der Waals surface area (Å²) in [5.41, 5.74) is 3.19. The summed E-state index contributed by atoms with van der Waals surface area (Å²) in [5, 5.41) is 1.22. The fraction of sp³-hybridized carbons (Fsp3) is 0.533. The van der Waals surface area contributed by atoms with Crippen LogP contribution in [0.2, 0.25) is 0 Å². The Bertz CT molecular complexity index is 565. The lowest BCUT2D eigenvalue weighted by Crippen LogP contribution is -1.94. The van der Waals surface area contributed by atoms with E-state index in [1.807, 2.05) is 13.1 Å². The van der Waals surface area contributed by atoms with Crippen molar-refractivity contribution in [1.82, 2.24) is 4.98 Å². The summed E-state index contributed by atoms with van der Waals surface area (Å²) in [6.07, 6.45) is 3.04. The molecule has 0 spiro atoms. The average Bonchev–Trinajstić information content (AvgIpc) is 2.97. The summed E-state index contributed by atoms with van der Waals surface area (Å²) < 4.78 is 11.5. The molecule has 0 aromatic carbocycles. The summed E-state index contributed by atoms with van der Waals surface area (Å²) in [5.74, 6) is 1.93. The lowest BCUT2D eigenvalue weighted by atomic mass is 9.99. The molecule has 3 heteroatoms. The van der Waals surface area contributed by atoms with Crippen molar-refractivity contribution in [3.05, 3.63) is 29.3 Å². The van der Waals surface area contributed by atoms with Gasteiger partial charge >= 0.3 is 0 Å². The van der Waals surface area contributed by atoms with Gasteiger partial charge in [-0.3, -0.25) is 4.98 Å². The first-order valence-corrected chi connectivity index (χ1v) is 6.63. The standard InChI is InChI=1S/C15H19NO2/c1-9(2)13-7-16-10(3)15-12(13)6-14(18-15)11-4-5-17-8-11/h6-7,9,11H,4-5,8H2,1-3H3. The Labute approximate surface area is 107 Å². The Hall–Kier alpha value is -1.35. The van der Waals surface area contributed by atoms with E-state index in [1.54, 1.807) is 0 Å². The third-order valence-electron chi connectivity index (χ3n) is 3.74. The highest BCUT2D eigenvalue weighted by Crippen LogP contribution is 2.34. The number of ether oxygens (including phenoxy) is 1. The molecule has 3 heterocycles. The number of rotatable bonds is 2. The second-order valence-electron chi connectivity index (χ2n) is 5.41. The first-order chi connectivity index (χ1) is 8.66. The zero-order chi connectivity index (χ0) is 12.7. The first kappa shape index (κ1) is 11.7. The molecule has 1 saturated heterocycles. The molecule has 2 aromatic heterocycles. The van der Waals surface area contributed by atoms with Gasteiger partial charge in [0.2, 0.25) is 0 Å². The molecule has 0 saturated carbocycles. The van der Waals surface area contributed by atoms with E-state index in [1.165, 1.54) is 10.9 Å². The number of furan rings is 1. The summed E-state index contributed by atoms with van der Waals surface area (Å²) in [4.78, 5) is 4.44. The maximum Gasteiger partial charge on any atom is 0.155 e. The van der Waals surface area contributed by atoms with E-state index in [0.29, 0.717) is 11.8 Å². The second kappa shape index (κ2) is 4.39. The molecule has 96 valence electrons. The van der Waals surface area contributed by atoms with Gasteiger partial charge in [-0.25, -0.2) is 0 Å². The predicted octanol–water partition coefficient (Wildman–Crippen LogP) is 3.76. The quantitative estimate of drug-likeness (QED) is 0.808. The van der Waals surface area contributed by atoms with Crippen LogP contribution < -0.4 is 0 Å². The van der Waals surface area contributed by atoms with Crippen LogP contribution in [-0.2, 0) is 4.74 Å².